The minimum atomic E-state index is -1.15. The number of benzene rings is 1. The Bertz CT molecular complexity index is 740. The molecule has 0 unspecified atom stereocenters. The van der Waals surface area contributed by atoms with Crippen molar-refractivity contribution in [2.75, 3.05) is 6.61 Å². The molecule has 115 valence electrons. The van der Waals surface area contributed by atoms with E-state index >= 15 is 0 Å². The summed E-state index contributed by atoms with van der Waals surface area (Å²) in [6.07, 6.45) is 0. The number of carbonyl (C=O) groups is 1. The summed E-state index contributed by atoms with van der Waals surface area (Å²) in [5.74, 6) is -0.624. The van der Waals surface area contributed by atoms with Gasteiger partial charge in [-0.2, -0.15) is 10.4 Å². The summed E-state index contributed by atoms with van der Waals surface area (Å²) in [6.45, 7) is 7.73. The second-order valence-electron chi connectivity index (χ2n) is 6.29. The van der Waals surface area contributed by atoms with E-state index in [0.717, 1.165) is 6.04 Å². The molecule has 0 aliphatic rings. The van der Waals surface area contributed by atoms with Crippen molar-refractivity contribution in [3.05, 3.63) is 29.5 Å². The first kappa shape index (κ1) is 16.2. The van der Waals surface area contributed by atoms with Gasteiger partial charge in [0, 0.05) is 14.7 Å². The van der Waals surface area contributed by atoms with Crippen molar-refractivity contribution < 1.29 is 9.53 Å². The van der Waals surface area contributed by atoms with Gasteiger partial charge in [-0.25, -0.2) is 4.68 Å². The van der Waals surface area contributed by atoms with Crippen LogP contribution >= 0.6 is 0 Å². The van der Waals surface area contributed by atoms with E-state index in [1.807, 2.05) is 6.07 Å². The second kappa shape index (κ2) is 6.30. The van der Waals surface area contributed by atoms with Gasteiger partial charge in [0.1, 0.15) is 12.8 Å². The van der Waals surface area contributed by atoms with E-state index in [1.165, 1.54) is 0 Å². The van der Waals surface area contributed by atoms with Crippen LogP contribution in [0, 0.1) is 17.4 Å². The Balaban J connectivity index is 2.27. The number of primary amides is 1. The van der Waals surface area contributed by atoms with Gasteiger partial charge >= 0.3 is 0 Å². The highest BCUT2D eigenvalue weighted by molar-refractivity contribution is 6.76. The number of rotatable bonds is 6. The third-order valence-electron chi connectivity index (χ3n) is 3.27. The fourth-order valence-electron chi connectivity index (χ4n) is 2.07. The van der Waals surface area contributed by atoms with Crippen LogP contribution in [-0.4, -0.2) is 30.4 Å². The Hall–Kier alpha value is -2.17. The molecule has 0 atom stereocenters. The number of nitrogens with two attached hydrogens (primary N) is 1. The van der Waals surface area contributed by atoms with E-state index in [4.69, 9.17) is 10.5 Å². The summed E-state index contributed by atoms with van der Waals surface area (Å²) in [4.78, 5) is 11.5. The smallest absolute Gasteiger partial charge is 0.250 e. The molecule has 1 radical (unpaired) electrons. The fourth-order valence-corrected chi connectivity index (χ4v) is 2.82. The molecule has 1 heterocycles. The molecule has 0 spiro atoms. The first-order valence-corrected chi connectivity index (χ1v) is 10.7. The molecule has 0 saturated heterocycles. The van der Waals surface area contributed by atoms with Crippen molar-refractivity contribution in [3.8, 4) is 6.07 Å². The molecule has 0 saturated carbocycles. The molecule has 7 heteroatoms. The number of fused-ring (bicyclic) bond motifs is 1. The number of nitriles is 1. The van der Waals surface area contributed by atoms with Crippen LogP contribution in [0.25, 0.3) is 10.9 Å². The van der Waals surface area contributed by atoms with Gasteiger partial charge in [-0.3, -0.25) is 4.79 Å². The van der Waals surface area contributed by atoms with Crippen molar-refractivity contribution >= 4 is 24.9 Å². The van der Waals surface area contributed by atoms with Gasteiger partial charge < -0.3 is 10.5 Å². The molecule has 0 aliphatic heterocycles. The van der Waals surface area contributed by atoms with Crippen LogP contribution in [0.1, 0.15) is 16.1 Å². The van der Waals surface area contributed by atoms with Crippen molar-refractivity contribution in [2.24, 2.45) is 5.73 Å². The molecule has 0 fully saturated rings. The molecule has 1 aromatic carbocycles. The van der Waals surface area contributed by atoms with Crippen molar-refractivity contribution in [3.63, 3.8) is 0 Å². The number of hydrogen-bond donors (Lipinski definition) is 1. The number of carbonyl (C=O) groups excluding carboxylic acids is 1. The zero-order valence-corrected chi connectivity index (χ0v) is 14.0. The van der Waals surface area contributed by atoms with Crippen LogP contribution < -0.4 is 5.73 Å². The maximum Gasteiger partial charge on any atom is 0.250 e. The van der Waals surface area contributed by atoms with E-state index in [-0.39, 0.29) is 18.0 Å². The van der Waals surface area contributed by atoms with Crippen LogP contribution in [0.3, 0.4) is 0 Å². The molecule has 2 N–H and O–H groups in total. The maximum atomic E-state index is 11.5. The summed E-state index contributed by atoms with van der Waals surface area (Å²) in [6, 6.07) is 9.17. The van der Waals surface area contributed by atoms with E-state index < -0.39 is 14.0 Å². The standard InChI is InChI=1S/C15H19N4O2Si/c1-22(2,3)8-7-21-10-19-13-6-4-5-11(15(17)20)14(13)12(9-16)18-19/h4,6H,7-8,10H2,1-3H3,(H2,17,20). The number of hydrogen-bond acceptors (Lipinski definition) is 4. The highest BCUT2D eigenvalue weighted by atomic mass is 28.3. The third-order valence-corrected chi connectivity index (χ3v) is 4.98. The van der Waals surface area contributed by atoms with Crippen LogP contribution in [0.4, 0.5) is 0 Å². The van der Waals surface area contributed by atoms with Crippen LogP contribution in [0.5, 0.6) is 0 Å². The summed E-state index contributed by atoms with van der Waals surface area (Å²) >= 11 is 0. The molecular formula is C15H19N4O2Si. The SMILES string of the molecule is C[Si](C)(C)CCOCn1nc(C#N)c2c(C(N)=O)[c]ccc21. The predicted molar refractivity (Wildman–Crippen MR) is 85.9 cm³/mol. The molecule has 22 heavy (non-hydrogen) atoms. The highest BCUT2D eigenvalue weighted by Crippen LogP contribution is 2.22. The lowest BCUT2D eigenvalue weighted by molar-refractivity contribution is 0.0816. The van der Waals surface area contributed by atoms with E-state index in [0.29, 0.717) is 17.5 Å². The van der Waals surface area contributed by atoms with Crippen molar-refractivity contribution in [1.29, 1.82) is 5.26 Å². The van der Waals surface area contributed by atoms with Gasteiger partial charge in [0.25, 0.3) is 0 Å². The minimum Gasteiger partial charge on any atom is -0.366 e. The molecule has 0 bridgehead atoms. The maximum absolute atomic E-state index is 11.5. The lowest BCUT2D eigenvalue weighted by Gasteiger charge is -2.15. The number of amides is 1. The first-order valence-electron chi connectivity index (χ1n) is 7.02. The minimum absolute atomic E-state index is 0.162. The molecule has 2 aromatic rings. The lowest BCUT2D eigenvalue weighted by Crippen LogP contribution is -2.22. The van der Waals surface area contributed by atoms with Gasteiger partial charge in [-0.1, -0.05) is 25.7 Å². The van der Waals surface area contributed by atoms with Gasteiger partial charge in [-0.05, 0) is 18.2 Å². The van der Waals surface area contributed by atoms with Crippen molar-refractivity contribution in [2.45, 2.75) is 32.4 Å². The van der Waals surface area contributed by atoms with Crippen LogP contribution in [-0.2, 0) is 11.5 Å². The quantitative estimate of drug-likeness (QED) is 0.652. The van der Waals surface area contributed by atoms with E-state index in [1.54, 1.807) is 16.8 Å². The molecule has 2 rings (SSSR count). The Morgan fingerprint density at radius 3 is 2.86 bits per heavy atom. The van der Waals surface area contributed by atoms with Gasteiger partial charge in [0.2, 0.25) is 5.91 Å². The molecule has 1 aromatic heterocycles. The number of ether oxygens (including phenoxy) is 1. The Morgan fingerprint density at radius 1 is 1.55 bits per heavy atom. The Kier molecular flexibility index (Phi) is 4.64. The summed E-state index contributed by atoms with van der Waals surface area (Å²) in [5.41, 5.74) is 6.33. The summed E-state index contributed by atoms with van der Waals surface area (Å²) < 4.78 is 7.24. The third kappa shape index (κ3) is 3.53. The highest BCUT2D eigenvalue weighted by Gasteiger charge is 2.17. The van der Waals surface area contributed by atoms with Crippen LogP contribution in [0.15, 0.2) is 12.1 Å². The largest absolute Gasteiger partial charge is 0.366 e. The first-order chi connectivity index (χ1) is 10.3. The Labute approximate surface area is 130 Å². The number of aromatic nitrogens is 2. The van der Waals surface area contributed by atoms with Gasteiger partial charge in [0.05, 0.1) is 16.5 Å². The molecular weight excluding hydrogens is 296 g/mol. The average molecular weight is 315 g/mol. The molecule has 6 nitrogen and oxygen atoms in total. The topological polar surface area (TPSA) is 93.9 Å². The lowest BCUT2D eigenvalue weighted by atomic mass is 10.1. The second-order valence-corrected chi connectivity index (χ2v) is 11.9. The molecule has 0 aliphatic carbocycles. The van der Waals surface area contributed by atoms with Gasteiger partial charge in [0.15, 0.2) is 5.69 Å². The van der Waals surface area contributed by atoms with E-state index in [9.17, 15) is 10.1 Å². The fraction of sp³-hybridized carbons (Fsp3) is 0.400. The van der Waals surface area contributed by atoms with Crippen LogP contribution in [0.2, 0.25) is 25.7 Å². The zero-order chi connectivity index (χ0) is 16.3. The Morgan fingerprint density at radius 2 is 2.27 bits per heavy atom. The van der Waals surface area contributed by atoms with Crippen molar-refractivity contribution in [1.82, 2.24) is 9.78 Å². The number of nitrogens with zero attached hydrogens (tertiary/aromatic N) is 3. The van der Waals surface area contributed by atoms with Gasteiger partial charge in [-0.15, -0.1) is 0 Å². The summed E-state index contributed by atoms with van der Waals surface area (Å²) in [5, 5.41) is 13.8. The molecule has 1 amide bonds. The van der Waals surface area contributed by atoms with E-state index in [2.05, 4.69) is 30.8 Å². The normalized spacial score (nSPS) is 11.5. The zero-order valence-electron chi connectivity index (χ0n) is 13.0. The summed E-state index contributed by atoms with van der Waals surface area (Å²) in [7, 11) is -1.15. The average Bonchev–Trinajstić information content (AvgIpc) is 2.80. The monoisotopic (exact) mass is 315 g/mol. The predicted octanol–water partition coefficient (Wildman–Crippen LogP) is 2.12.